The third kappa shape index (κ3) is 3.48. The fourth-order valence-electron chi connectivity index (χ4n) is 2.77. The number of nitrogens with two attached hydrogens (primary N) is 1. The van der Waals surface area contributed by atoms with E-state index in [2.05, 4.69) is 4.72 Å². The number of methoxy groups -OCH3 is 1. The van der Waals surface area contributed by atoms with Gasteiger partial charge in [-0.25, -0.2) is 13.1 Å². The highest BCUT2D eigenvalue weighted by Crippen LogP contribution is 2.32. The fraction of sp³-hybridized carbons (Fsp3) is 0.571. The predicted octanol–water partition coefficient (Wildman–Crippen LogP) is 1.25. The van der Waals surface area contributed by atoms with Crippen molar-refractivity contribution < 1.29 is 18.3 Å². The van der Waals surface area contributed by atoms with Crippen LogP contribution in [0.1, 0.15) is 32.1 Å². The van der Waals surface area contributed by atoms with Gasteiger partial charge in [-0.2, -0.15) is 0 Å². The highest BCUT2D eigenvalue weighted by atomic mass is 32.2. The highest BCUT2D eigenvalue weighted by molar-refractivity contribution is 7.89. The Bertz CT molecular complexity index is 595. The van der Waals surface area contributed by atoms with Crippen molar-refractivity contribution in [3.63, 3.8) is 0 Å². The van der Waals surface area contributed by atoms with E-state index in [4.69, 9.17) is 10.5 Å². The molecule has 0 heterocycles. The van der Waals surface area contributed by atoms with Crippen LogP contribution in [0.4, 0.5) is 5.69 Å². The number of hydrogen-bond acceptors (Lipinski definition) is 5. The molecule has 0 aromatic heterocycles. The van der Waals surface area contributed by atoms with Gasteiger partial charge in [0.05, 0.1) is 19.3 Å². The first kappa shape index (κ1) is 16.1. The first-order valence-electron chi connectivity index (χ1n) is 7.01. The maximum Gasteiger partial charge on any atom is 0.244 e. The third-order valence-electron chi connectivity index (χ3n) is 3.94. The molecule has 0 bridgehead atoms. The molecule has 0 saturated heterocycles. The maximum atomic E-state index is 12.6. The van der Waals surface area contributed by atoms with Crippen LogP contribution in [0.5, 0.6) is 5.75 Å². The summed E-state index contributed by atoms with van der Waals surface area (Å²) in [4.78, 5) is 0.0394. The number of sulfonamides is 1. The van der Waals surface area contributed by atoms with E-state index >= 15 is 0 Å². The first-order valence-corrected chi connectivity index (χ1v) is 8.49. The number of benzene rings is 1. The van der Waals surface area contributed by atoms with E-state index in [1.54, 1.807) is 0 Å². The molecule has 1 aliphatic rings. The summed E-state index contributed by atoms with van der Waals surface area (Å²) in [5, 5.41) is 9.64. The molecule has 0 atom stereocenters. The van der Waals surface area contributed by atoms with E-state index < -0.39 is 15.6 Å². The Morgan fingerprint density at radius 3 is 2.57 bits per heavy atom. The van der Waals surface area contributed by atoms with E-state index in [1.165, 1.54) is 25.3 Å². The molecule has 118 valence electrons. The lowest BCUT2D eigenvalue weighted by atomic mass is 9.83. The second-order valence-electron chi connectivity index (χ2n) is 5.51. The van der Waals surface area contributed by atoms with Crippen LogP contribution in [0.3, 0.4) is 0 Å². The lowest BCUT2D eigenvalue weighted by Gasteiger charge is -2.36. The van der Waals surface area contributed by atoms with Gasteiger partial charge < -0.3 is 15.6 Å². The average Bonchev–Trinajstić information content (AvgIpc) is 2.47. The third-order valence-corrected chi connectivity index (χ3v) is 5.56. The number of aliphatic hydroxyl groups excluding tert-OH is 1. The maximum absolute atomic E-state index is 12.6. The van der Waals surface area contributed by atoms with Crippen LogP contribution in [0.15, 0.2) is 23.1 Å². The monoisotopic (exact) mass is 314 g/mol. The lowest BCUT2D eigenvalue weighted by molar-refractivity contribution is 0.142. The molecule has 1 aromatic carbocycles. The normalized spacial score (nSPS) is 18.4. The molecule has 0 spiro atoms. The summed E-state index contributed by atoms with van der Waals surface area (Å²) in [6.07, 6.45) is 4.15. The van der Waals surface area contributed by atoms with Crippen molar-refractivity contribution in [1.82, 2.24) is 4.72 Å². The second kappa shape index (κ2) is 6.21. The topological polar surface area (TPSA) is 102 Å². The summed E-state index contributed by atoms with van der Waals surface area (Å²) in [6.45, 7) is -0.205. The summed E-state index contributed by atoms with van der Waals surface area (Å²) in [7, 11) is -2.38. The molecule has 7 heteroatoms. The Balaban J connectivity index is 2.33. The summed E-state index contributed by atoms with van der Waals surface area (Å²) in [5.74, 6) is 0.200. The number of rotatable bonds is 5. The van der Waals surface area contributed by atoms with Crippen molar-refractivity contribution in [2.45, 2.75) is 42.5 Å². The summed E-state index contributed by atoms with van der Waals surface area (Å²) in [6, 6.07) is 4.41. The standard InChI is InChI=1S/C14H22N2O4S/c1-20-12-9-11(15)5-6-13(12)21(18,19)16-14(10-17)7-3-2-4-8-14/h5-6,9,16-17H,2-4,7-8,10,15H2,1H3. The van der Waals surface area contributed by atoms with Gasteiger partial charge in [0.1, 0.15) is 10.6 Å². The predicted molar refractivity (Wildman–Crippen MR) is 80.6 cm³/mol. The molecule has 0 unspecified atom stereocenters. The average molecular weight is 314 g/mol. The van der Waals surface area contributed by atoms with Crippen LogP contribution in [-0.2, 0) is 10.0 Å². The van der Waals surface area contributed by atoms with Gasteiger partial charge in [-0.3, -0.25) is 0 Å². The minimum atomic E-state index is -3.78. The van der Waals surface area contributed by atoms with Gasteiger partial charge >= 0.3 is 0 Å². The molecular weight excluding hydrogens is 292 g/mol. The van der Waals surface area contributed by atoms with Crippen LogP contribution in [0.2, 0.25) is 0 Å². The Labute approximate surface area is 125 Å². The molecule has 4 N–H and O–H groups in total. The van der Waals surface area contributed by atoms with Crippen molar-refractivity contribution >= 4 is 15.7 Å². The van der Waals surface area contributed by atoms with Gasteiger partial charge in [0.2, 0.25) is 10.0 Å². The minimum absolute atomic E-state index is 0.0394. The van der Waals surface area contributed by atoms with Crippen molar-refractivity contribution in [3.05, 3.63) is 18.2 Å². The van der Waals surface area contributed by atoms with Crippen molar-refractivity contribution in [3.8, 4) is 5.75 Å². The zero-order chi connectivity index (χ0) is 15.5. The van der Waals surface area contributed by atoms with E-state index in [0.29, 0.717) is 18.5 Å². The molecule has 0 amide bonds. The lowest BCUT2D eigenvalue weighted by Crippen LogP contribution is -2.52. The van der Waals surface area contributed by atoms with Crippen molar-refractivity contribution in [1.29, 1.82) is 0 Å². The highest BCUT2D eigenvalue weighted by Gasteiger charge is 2.36. The van der Waals surface area contributed by atoms with E-state index in [-0.39, 0.29) is 17.3 Å². The minimum Gasteiger partial charge on any atom is -0.495 e. The summed E-state index contributed by atoms with van der Waals surface area (Å²) >= 11 is 0. The molecule has 0 aliphatic heterocycles. The van der Waals surface area contributed by atoms with Gasteiger partial charge in [0.25, 0.3) is 0 Å². The summed E-state index contributed by atoms with van der Waals surface area (Å²) < 4.78 is 33.0. The summed E-state index contributed by atoms with van der Waals surface area (Å²) in [5.41, 5.74) is 5.30. The molecule has 2 rings (SSSR count). The van der Waals surface area contributed by atoms with Gasteiger partial charge in [0.15, 0.2) is 0 Å². The number of hydrogen-bond donors (Lipinski definition) is 3. The second-order valence-corrected chi connectivity index (χ2v) is 7.17. The van der Waals surface area contributed by atoms with Crippen LogP contribution in [-0.4, -0.2) is 32.8 Å². The van der Waals surface area contributed by atoms with E-state index in [9.17, 15) is 13.5 Å². The molecule has 21 heavy (non-hydrogen) atoms. The van der Waals surface area contributed by atoms with Crippen LogP contribution in [0.25, 0.3) is 0 Å². The largest absolute Gasteiger partial charge is 0.495 e. The molecule has 0 radical (unpaired) electrons. The molecule has 1 aromatic rings. The molecule has 6 nitrogen and oxygen atoms in total. The zero-order valence-electron chi connectivity index (χ0n) is 12.1. The number of ether oxygens (including phenoxy) is 1. The van der Waals surface area contributed by atoms with Crippen molar-refractivity contribution in [2.24, 2.45) is 0 Å². The zero-order valence-corrected chi connectivity index (χ0v) is 12.9. The smallest absolute Gasteiger partial charge is 0.244 e. The van der Waals surface area contributed by atoms with Gasteiger partial charge in [0, 0.05) is 11.8 Å². The molecular formula is C14H22N2O4S. The Morgan fingerprint density at radius 2 is 2.00 bits per heavy atom. The quantitative estimate of drug-likeness (QED) is 0.710. The van der Waals surface area contributed by atoms with Crippen LogP contribution >= 0.6 is 0 Å². The van der Waals surface area contributed by atoms with Gasteiger partial charge in [-0.15, -0.1) is 0 Å². The molecule has 1 aliphatic carbocycles. The Morgan fingerprint density at radius 1 is 1.33 bits per heavy atom. The number of nitrogens with one attached hydrogen (secondary N) is 1. The van der Waals surface area contributed by atoms with Crippen molar-refractivity contribution in [2.75, 3.05) is 19.5 Å². The molecule has 1 fully saturated rings. The van der Waals surface area contributed by atoms with E-state index in [0.717, 1.165) is 19.3 Å². The van der Waals surface area contributed by atoms with Gasteiger partial charge in [-0.05, 0) is 25.0 Å². The van der Waals surface area contributed by atoms with Gasteiger partial charge in [-0.1, -0.05) is 19.3 Å². The fourth-order valence-corrected chi connectivity index (χ4v) is 4.37. The molecule has 1 saturated carbocycles. The number of nitrogen functional groups attached to an aromatic ring is 1. The SMILES string of the molecule is COc1cc(N)ccc1S(=O)(=O)NC1(CO)CCCCC1. The van der Waals surface area contributed by atoms with Crippen LogP contribution < -0.4 is 15.2 Å². The Kier molecular flexibility index (Phi) is 4.75. The number of aliphatic hydroxyl groups is 1. The van der Waals surface area contributed by atoms with E-state index in [1.807, 2.05) is 0 Å². The van der Waals surface area contributed by atoms with Crippen LogP contribution in [0, 0.1) is 0 Å². The first-order chi connectivity index (χ1) is 9.92. The number of anilines is 1. The Hall–Kier alpha value is -1.31.